The van der Waals surface area contributed by atoms with Gasteiger partial charge >= 0.3 is 0 Å². The van der Waals surface area contributed by atoms with Crippen molar-refractivity contribution in [2.75, 3.05) is 26.4 Å². The molecule has 1 aliphatic heterocycles. The second kappa shape index (κ2) is 15.5. The number of phenols is 2. The van der Waals surface area contributed by atoms with Crippen LogP contribution in [0.3, 0.4) is 0 Å². The van der Waals surface area contributed by atoms with Crippen LogP contribution >= 0.6 is 0 Å². The zero-order chi connectivity index (χ0) is 38.1. The third-order valence-electron chi connectivity index (χ3n) is 10.7. The van der Waals surface area contributed by atoms with Crippen LogP contribution in [-0.2, 0) is 44.0 Å². The second-order valence-corrected chi connectivity index (χ2v) is 20.6. The van der Waals surface area contributed by atoms with Gasteiger partial charge in [-0.3, -0.25) is 4.90 Å². The van der Waals surface area contributed by atoms with Gasteiger partial charge in [-0.15, -0.1) is 0 Å². The van der Waals surface area contributed by atoms with Gasteiger partial charge in [0.05, 0.1) is 12.7 Å². The van der Waals surface area contributed by atoms with Crippen LogP contribution in [0.4, 0.5) is 0 Å². The first-order chi connectivity index (χ1) is 22.6. The van der Waals surface area contributed by atoms with Gasteiger partial charge in [0, 0.05) is 30.8 Å². The van der Waals surface area contributed by atoms with Crippen molar-refractivity contribution in [2.45, 2.75) is 188 Å². The molecule has 0 unspecified atom stereocenters. The summed E-state index contributed by atoms with van der Waals surface area (Å²) < 4.78 is 12.8. The quantitative estimate of drug-likeness (QED) is 0.217. The van der Waals surface area contributed by atoms with E-state index in [1.165, 1.54) is 11.1 Å². The molecule has 2 aromatic rings. The number of phenolic OH excluding ortho intramolecular Hbond substituents is 2. The number of hydrogen-bond acceptors (Lipinski definition) is 5. The Hall–Kier alpha value is -2.08. The predicted molar refractivity (Wildman–Crippen MR) is 212 cm³/mol. The second-order valence-electron chi connectivity index (χ2n) is 20.6. The van der Waals surface area contributed by atoms with E-state index in [2.05, 4.69) is 140 Å². The average molecular weight is 694 g/mol. The number of rotatable bonds is 12. The average Bonchev–Trinajstić information content (AvgIpc) is 2.92. The third-order valence-corrected chi connectivity index (χ3v) is 10.7. The smallest absolute Gasteiger partial charge is 0.123 e. The molecule has 0 aromatic heterocycles. The third kappa shape index (κ3) is 11.0. The molecule has 0 spiro atoms. The maximum absolute atomic E-state index is 11.1. The highest BCUT2D eigenvalue weighted by Crippen LogP contribution is 2.42. The van der Waals surface area contributed by atoms with E-state index in [0.717, 1.165) is 80.5 Å². The van der Waals surface area contributed by atoms with Crippen LogP contribution in [0, 0.1) is 0 Å². The Kier molecular flexibility index (Phi) is 13.1. The van der Waals surface area contributed by atoms with Crippen LogP contribution in [-0.4, -0.2) is 58.7 Å². The molecular weight excluding hydrogens is 618 g/mol. The summed E-state index contributed by atoms with van der Waals surface area (Å²) in [6.07, 6.45) is 6.04. The summed E-state index contributed by atoms with van der Waals surface area (Å²) in [5.74, 6) is 0.896. The van der Waals surface area contributed by atoms with Crippen molar-refractivity contribution in [1.29, 1.82) is 0 Å². The molecule has 0 radical (unpaired) electrons. The lowest BCUT2D eigenvalue weighted by Crippen LogP contribution is -2.62. The number of hydrogen-bond donors (Lipinski definition) is 2. The van der Waals surface area contributed by atoms with Crippen molar-refractivity contribution >= 4 is 0 Å². The van der Waals surface area contributed by atoms with E-state index >= 15 is 0 Å². The summed E-state index contributed by atoms with van der Waals surface area (Å²) in [6, 6.07) is 8.80. The molecule has 5 heteroatoms. The lowest BCUT2D eigenvalue weighted by Gasteiger charge is -2.55. The predicted octanol–water partition coefficient (Wildman–Crippen LogP) is 10.9. The van der Waals surface area contributed by atoms with Gasteiger partial charge < -0.3 is 19.7 Å². The van der Waals surface area contributed by atoms with Gasteiger partial charge in [-0.2, -0.15) is 0 Å². The fourth-order valence-corrected chi connectivity index (χ4v) is 8.08. The molecule has 284 valence electrons. The topological polar surface area (TPSA) is 62.2 Å². The van der Waals surface area contributed by atoms with E-state index in [1.54, 1.807) is 0 Å². The molecule has 0 bridgehead atoms. The Morgan fingerprint density at radius 2 is 0.920 bits per heavy atom. The normalized spacial score (nSPS) is 17.8. The molecule has 0 aliphatic carbocycles. The Balaban J connectivity index is 1.51. The molecule has 0 atom stereocenters. The summed E-state index contributed by atoms with van der Waals surface area (Å²) in [5, 5.41) is 22.2. The van der Waals surface area contributed by atoms with Gasteiger partial charge in [0.2, 0.25) is 0 Å². The number of benzene rings is 2. The Bertz CT molecular complexity index is 1340. The van der Waals surface area contributed by atoms with Crippen LogP contribution < -0.4 is 0 Å². The standard InChI is InChI=1S/C45H75NO4/c1-40(2,3)34-25-31(26-35(38(34)47)41(4,5)6)19-17-22-49-24-21-46-44(13,14)29-33(30-45(46,15)16)50-23-18-20-32-27-36(42(7,8)9)39(48)37(28-32)43(10,11)12/h25-28,33,47-48H,17-24,29-30H2,1-16H3. The molecule has 50 heavy (non-hydrogen) atoms. The monoisotopic (exact) mass is 694 g/mol. The van der Waals surface area contributed by atoms with E-state index in [0.29, 0.717) is 18.1 Å². The van der Waals surface area contributed by atoms with E-state index in [9.17, 15) is 10.2 Å². The maximum Gasteiger partial charge on any atom is 0.123 e. The van der Waals surface area contributed by atoms with E-state index in [1.807, 2.05) is 0 Å². The minimum Gasteiger partial charge on any atom is -0.507 e. The fraction of sp³-hybridized carbons (Fsp3) is 0.733. The van der Waals surface area contributed by atoms with Gasteiger partial charge in [-0.1, -0.05) is 107 Å². The molecule has 5 nitrogen and oxygen atoms in total. The van der Waals surface area contributed by atoms with Crippen molar-refractivity contribution in [3.63, 3.8) is 0 Å². The fourth-order valence-electron chi connectivity index (χ4n) is 8.08. The number of nitrogens with zero attached hydrogens (tertiary/aromatic N) is 1. The minimum absolute atomic E-state index is 0.00864. The highest BCUT2D eigenvalue weighted by molar-refractivity contribution is 5.51. The van der Waals surface area contributed by atoms with E-state index in [4.69, 9.17) is 9.47 Å². The largest absolute Gasteiger partial charge is 0.507 e. The zero-order valence-electron chi connectivity index (χ0n) is 35.1. The van der Waals surface area contributed by atoms with Crippen LogP contribution in [0.15, 0.2) is 24.3 Å². The van der Waals surface area contributed by atoms with Crippen LogP contribution in [0.1, 0.15) is 170 Å². The molecule has 0 amide bonds. The first kappa shape index (κ1) is 42.3. The molecule has 1 saturated heterocycles. The van der Waals surface area contributed by atoms with Crippen molar-refractivity contribution < 1.29 is 19.7 Å². The lowest BCUT2D eigenvalue weighted by molar-refractivity contribution is -0.111. The van der Waals surface area contributed by atoms with Crippen molar-refractivity contribution in [2.24, 2.45) is 0 Å². The number of likely N-dealkylation sites (tertiary alicyclic amines) is 1. The number of aromatic hydroxyl groups is 2. The van der Waals surface area contributed by atoms with E-state index < -0.39 is 0 Å². The summed E-state index contributed by atoms with van der Waals surface area (Å²) in [5.41, 5.74) is 6.22. The van der Waals surface area contributed by atoms with Gasteiger partial charge in [0.25, 0.3) is 0 Å². The molecule has 2 aromatic carbocycles. The molecule has 3 rings (SSSR count). The van der Waals surface area contributed by atoms with Crippen LogP contribution in [0.25, 0.3) is 0 Å². The minimum atomic E-state index is -0.118. The van der Waals surface area contributed by atoms with Crippen molar-refractivity contribution in [3.05, 3.63) is 57.6 Å². The SMILES string of the molecule is CC(C)(C)c1cc(CCCOCCN2C(C)(C)CC(OCCCc3cc(C(C)(C)C)c(O)c(C(C)(C)C)c3)CC2(C)C)cc(C(C)(C)C)c1O. The van der Waals surface area contributed by atoms with Crippen molar-refractivity contribution in [3.8, 4) is 11.5 Å². The molecule has 0 saturated carbocycles. The first-order valence-electron chi connectivity index (χ1n) is 19.4. The number of ether oxygens (including phenoxy) is 2. The molecule has 1 heterocycles. The molecular formula is C45H75NO4. The molecule has 2 N–H and O–H groups in total. The van der Waals surface area contributed by atoms with E-state index in [-0.39, 0.29) is 38.8 Å². The highest BCUT2D eigenvalue weighted by atomic mass is 16.5. The van der Waals surface area contributed by atoms with Crippen molar-refractivity contribution in [1.82, 2.24) is 4.90 Å². The molecule has 1 fully saturated rings. The lowest BCUT2D eigenvalue weighted by atomic mass is 9.78. The van der Waals surface area contributed by atoms with Crippen LogP contribution in [0.5, 0.6) is 11.5 Å². The Morgan fingerprint density at radius 1 is 0.580 bits per heavy atom. The van der Waals surface area contributed by atoms with Gasteiger partial charge in [0.1, 0.15) is 11.5 Å². The maximum atomic E-state index is 11.1. The first-order valence-corrected chi connectivity index (χ1v) is 19.4. The number of piperidine rings is 1. The van der Waals surface area contributed by atoms with Gasteiger partial charge in [-0.25, -0.2) is 0 Å². The summed E-state index contributed by atoms with van der Waals surface area (Å²) in [4.78, 5) is 2.63. The zero-order valence-corrected chi connectivity index (χ0v) is 35.1. The molecule has 1 aliphatic rings. The van der Waals surface area contributed by atoms with Gasteiger partial charge in [0.15, 0.2) is 0 Å². The van der Waals surface area contributed by atoms with Crippen LogP contribution in [0.2, 0.25) is 0 Å². The number of aryl methyl sites for hydroxylation is 2. The Labute approximate surface area is 307 Å². The van der Waals surface area contributed by atoms with Gasteiger partial charge in [-0.05, 0) is 121 Å². The summed E-state index contributed by atoms with van der Waals surface area (Å²) in [7, 11) is 0. The Morgan fingerprint density at radius 3 is 1.26 bits per heavy atom. The summed E-state index contributed by atoms with van der Waals surface area (Å²) in [6.45, 7) is 38.6. The summed E-state index contributed by atoms with van der Waals surface area (Å²) >= 11 is 0. The highest BCUT2D eigenvalue weighted by Gasteiger charge is 2.45.